The number of rotatable bonds is 6. The van der Waals surface area contributed by atoms with Crippen LogP contribution >= 0.6 is 0 Å². The number of benzene rings is 3. The molecule has 2 amide bonds. The van der Waals surface area contributed by atoms with E-state index in [1.165, 1.54) is 12.1 Å². The fourth-order valence-corrected chi connectivity index (χ4v) is 3.46. The van der Waals surface area contributed by atoms with Gasteiger partial charge in [-0.1, -0.05) is 48.5 Å². The third kappa shape index (κ3) is 5.04. The lowest BCUT2D eigenvalue weighted by atomic mass is 9.98. The number of nitro benzene ring substituents is 1. The first-order valence-electron chi connectivity index (χ1n) is 9.76. The molecule has 8 nitrogen and oxygen atoms in total. The van der Waals surface area contributed by atoms with Crippen molar-refractivity contribution in [3.63, 3.8) is 0 Å². The molecule has 0 radical (unpaired) electrons. The second-order valence-electron chi connectivity index (χ2n) is 7.49. The average Bonchev–Trinajstić information content (AvgIpc) is 2.74. The third-order valence-corrected chi connectivity index (χ3v) is 5.07. The van der Waals surface area contributed by atoms with Gasteiger partial charge in [-0.05, 0) is 49.0 Å². The standard InChI is InChI=1S/C23H24N4O4/c1-15-11-12-19(20(13-15)27(30)31)25-23(29)22(28)24-14-21(26(2)3)18-10-6-8-16-7-4-5-9-17(16)18/h4-13,21H,14H2,1-3H3,(H,24,28)(H,25,29). The van der Waals surface area contributed by atoms with E-state index in [0.717, 1.165) is 16.3 Å². The maximum Gasteiger partial charge on any atom is 0.313 e. The second kappa shape index (κ2) is 9.36. The summed E-state index contributed by atoms with van der Waals surface area (Å²) in [6, 6.07) is 18.2. The number of nitrogens with one attached hydrogen (secondary N) is 2. The predicted octanol–water partition coefficient (Wildman–Crippen LogP) is 3.41. The van der Waals surface area contributed by atoms with E-state index in [-0.39, 0.29) is 24.0 Å². The first kappa shape index (κ1) is 21.9. The van der Waals surface area contributed by atoms with Gasteiger partial charge in [0.25, 0.3) is 5.69 Å². The number of carbonyl (C=O) groups excluding carboxylic acids is 2. The van der Waals surface area contributed by atoms with Crippen LogP contribution in [0.3, 0.4) is 0 Å². The summed E-state index contributed by atoms with van der Waals surface area (Å²) in [5.41, 5.74) is 1.42. The minimum Gasteiger partial charge on any atom is -0.346 e. The van der Waals surface area contributed by atoms with Gasteiger partial charge in [-0.3, -0.25) is 19.7 Å². The molecule has 0 aliphatic rings. The van der Waals surface area contributed by atoms with Gasteiger partial charge in [0.1, 0.15) is 5.69 Å². The van der Waals surface area contributed by atoms with Gasteiger partial charge in [0.2, 0.25) is 0 Å². The van der Waals surface area contributed by atoms with Crippen LogP contribution in [0.25, 0.3) is 10.8 Å². The van der Waals surface area contributed by atoms with Gasteiger partial charge in [0.15, 0.2) is 0 Å². The highest BCUT2D eigenvalue weighted by Crippen LogP contribution is 2.27. The molecule has 3 aromatic carbocycles. The Morgan fingerprint density at radius 2 is 1.74 bits per heavy atom. The van der Waals surface area contributed by atoms with Crippen LogP contribution in [0.15, 0.2) is 60.7 Å². The largest absolute Gasteiger partial charge is 0.346 e. The second-order valence-corrected chi connectivity index (χ2v) is 7.49. The zero-order valence-corrected chi connectivity index (χ0v) is 17.6. The van der Waals surface area contributed by atoms with Crippen LogP contribution in [0.1, 0.15) is 17.2 Å². The molecule has 8 heteroatoms. The normalized spacial score (nSPS) is 11.9. The van der Waals surface area contributed by atoms with Crippen molar-refractivity contribution in [2.45, 2.75) is 13.0 Å². The molecule has 0 saturated heterocycles. The van der Waals surface area contributed by atoms with Gasteiger partial charge >= 0.3 is 11.8 Å². The SMILES string of the molecule is Cc1ccc(NC(=O)C(=O)NCC(c2cccc3ccccc23)N(C)C)c([N+](=O)[O-])c1. The highest BCUT2D eigenvalue weighted by molar-refractivity contribution is 6.39. The first-order chi connectivity index (χ1) is 14.8. The minimum absolute atomic E-state index is 0.0195. The van der Waals surface area contributed by atoms with E-state index in [4.69, 9.17) is 0 Å². The number of nitro groups is 1. The number of carbonyl (C=O) groups is 2. The molecule has 1 atom stereocenters. The summed E-state index contributed by atoms with van der Waals surface area (Å²) in [6.07, 6.45) is 0. The number of hydrogen-bond acceptors (Lipinski definition) is 5. The number of likely N-dealkylation sites (N-methyl/N-ethyl adjacent to an activating group) is 1. The summed E-state index contributed by atoms with van der Waals surface area (Å²) >= 11 is 0. The van der Waals surface area contributed by atoms with Crippen molar-refractivity contribution < 1.29 is 14.5 Å². The molecule has 0 aromatic heterocycles. The lowest BCUT2D eigenvalue weighted by Crippen LogP contribution is -2.40. The Balaban J connectivity index is 1.74. The molecule has 1 unspecified atom stereocenters. The fraction of sp³-hybridized carbons (Fsp3) is 0.217. The molecule has 0 aliphatic heterocycles. The number of aryl methyl sites for hydroxylation is 1. The zero-order chi connectivity index (χ0) is 22.5. The van der Waals surface area contributed by atoms with Gasteiger partial charge < -0.3 is 15.5 Å². The van der Waals surface area contributed by atoms with E-state index in [0.29, 0.717) is 5.56 Å². The van der Waals surface area contributed by atoms with Crippen molar-refractivity contribution in [1.82, 2.24) is 10.2 Å². The van der Waals surface area contributed by atoms with Crippen LogP contribution < -0.4 is 10.6 Å². The highest BCUT2D eigenvalue weighted by Gasteiger charge is 2.22. The van der Waals surface area contributed by atoms with Crippen molar-refractivity contribution in [3.8, 4) is 0 Å². The van der Waals surface area contributed by atoms with Gasteiger partial charge in [0.05, 0.1) is 11.0 Å². The summed E-state index contributed by atoms with van der Waals surface area (Å²) in [5.74, 6) is -1.82. The van der Waals surface area contributed by atoms with E-state index in [9.17, 15) is 19.7 Å². The van der Waals surface area contributed by atoms with Crippen molar-refractivity contribution in [1.29, 1.82) is 0 Å². The summed E-state index contributed by atoms with van der Waals surface area (Å²) in [6.45, 7) is 1.91. The van der Waals surface area contributed by atoms with Crippen LogP contribution in [-0.2, 0) is 9.59 Å². The van der Waals surface area contributed by atoms with Crippen LogP contribution in [0, 0.1) is 17.0 Å². The summed E-state index contributed by atoms with van der Waals surface area (Å²) < 4.78 is 0. The number of nitrogens with zero attached hydrogens (tertiary/aromatic N) is 2. The number of hydrogen-bond donors (Lipinski definition) is 2. The van der Waals surface area contributed by atoms with Gasteiger partial charge in [-0.2, -0.15) is 0 Å². The fourth-order valence-electron chi connectivity index (χ4n) is 3.46. The summed E-state index contributed by atoms with van der Waals surface area (Å²) in [4.78, 5) is 37.3. The van der Waals surface area contributed by atoms with Crippen LogP contribution in [-0.4, -0.2) is 42.3 Å². The van der Waals surface area contributed by atoms with Crippen LogP contribution in [0.4, 0.5) is 11.4 Å². The van der Waals surface area contributed by atoms with Crippen molar-refractivity contribution in [2.24, 2.45) is 0 Å². The summed E-state index contributed by atoms with van der Waals surface area (Å²) in [5, 5.41) is 18.4. The molecule has 0 aliphatic carbocycles. The van der Waals surface area contributed by atoms with Crippen molar-refractivity contribution in [3.05, 3.63) is 81.9 Å². The van der Waals surface area contributed by atoms with E-state index in [1.54, 1.807) is 13.0 Å². The first-order valence-corrected chi connectivity index (χ1v) is 9.76. The van der Waals surface area contributed by atoms with Crippen LogP contribution in [0.2, 0.25) is 0 Å². The third-order valence-electron chi connectivity index (χ3n) is 5.07. The molecule has 0 fully saturated rings. The van der Waals surface area contributed by atoms with Crippen molar-refractivity contribution >= 4 is 34.0 Å². The molecule has 2 N–H and O–H groups in total. The summed E-state index contributed by atoms with van der Waals surface area (Å²) in [7, 11) is 3.79. The molecular weight excluding hydrogens is 396 g/mol. The maximum atomic E-state index is 12.4. The number of amides is 2. The molecular formula is C23H24N4O4. The molecule has 0 bridgehead atoms. The monoisotopic (exact) mass is 420 g/mol. The van der Waals surface area contributed by atoms with E-state index >= 15 is 0 Å². The number of anilines is 1. The molecule has 160 valence electrons. The van der Waals surface area contributed by atoms with Gasteiger partial charge in [-0.15, -0.1) is 0 Å². The topological polar surface area (TPSA) is 105 Å². The smallest absolute Gasteiger partial charge is 0.313 e. The molecule has 3 rings (SSSR count). The molecule has 31 heavy (non-hydrogen) atoms. The minimum atomic E-state index is -0.956. The quantitative estimate of drug-likeness (QED) is 0.361. The number of fused-ring (bicyclic) bond motifs is 1. The Morgan fingerprint density at radius 1 is 1.03 bits per heavy atom. The Kier molecular flexibility index (Phi) is 6.61. The Morgan fingerprint density at radius 3 is 2.45 bits per heavy atom. The predicted molar refractivity (Wildman–Crippen MR) is 120 cm³/mol. The van der Waals surface area contributed by atoms with E-state index in [2.05, 4.69) is 10.6 Å². The molecule has 3 aromatic rings. The lowest BCUT2D eigenvalue weighted by molar-refractivity contribution is -0.384. The Hall–Kier alpha value is -3.78. The van der Waals surface area contributed by atoms with E-state index < -0.39 is 16.7 Å². The maximum absolute atomic E-state index is 12.4. The molecule has 0 spiro atoms. The zero-order valence-electron chi connectivity index (χ0n) is 17.6. The van der Waals surface area contributed by atoms with Crippen molar-refractivity contribution in [2.75, 3.05) is 26.0 Å². The Labute approximate surface area is 180 Å². The Bertz CT molecular complexity index is 1140. The molecule has 0 heterocycles. The highest BCUT2D eigenvalue weighted by atomic mass is 16.6. The molecule has 0 saturated carbocycles. The van der Waals surface area contributed by atoms with Crippen LogP contribution in [0.5, 0.6) is 0 Å². The lowest BCUT2D eigenvalue weighted by Gasteiger charge is -2.26. The average molecular weight is 420 g/mol. The van der Waals surface area contributed by atoms with E-state index in [1.807, 2.05) is 61.5 Å². The van der Waals surface area contributed by atoms with Gasteiger partial charge in [0, 0.05) is 12.6 Å². The van der Waals surface area contributed by atoms with Gasteiger partial charge in [-0.25, -0.2) is 0 Å².